The van der Waals surface area contributed by atoms with Gasteiger partial charge in [0.2, 0.25) is 0 Å². The van der Waals surface area contributed by atoms with E-state index in [2.05, 4.69) is 12.2 Å². The number of benzene rings is 1. The summed E-state index contributed by atoms with van der Waals surface area (Å²) < 4.78 is 23.3. The largest absolute Gasteiger partial charge is 0.381 e. The van der Waals surface area contributed by atoms with Gasteiger partial charge in [0.25, 0.3) is 5.69 Å². The number of hydrogen-bond donors (Lipinski definition) is 1. The van der Waals surface area contributed by atoms with Gasteiger partial charge in [0.1, 0.15) is 0 Å². The number of sulfone groups is 1. The second-order valence-electron chi connectivity index (χ2n) is 4.67. The fourth-order valence-electron chi connectivity index (χ4n) is 1.77. The van der Waals surface area contributed by atoms with Gasteiger partial charge in [-0.25, -0.2) is 8.42 Å². The molecule has 98 valence electrons. The number of anilines is 1. The molecule has 1 aliphatic rings. The van der Waals surface area contributed by atoms with Crippen molar-refractivity contribution >= 4 is 21.2 Å². The maximum atomic E-state index is 11.6. The molecule has 7 heteroatoms. The second kappa shape index (κ2) is 4.24. The summed E-state index contributed by atoms with van der Waals surface area (Å²) >= 11 is 0. The van der Waals surface area contributed by atoms with Crippen molar-refractivity contribution in [2.24, 2.45) is 5.92 Å². The Bertz CT molecular complexity index is 597. The van der Waals surface area contributed by atoms with Crippen LogP contribution in [-0.4, -0.2) is 25.6 Å². The molecule has 1 aromatic rings. The number of non-ortho nitro benzene ring substituents is 1. The summed E-state index contributed by atoms with van der Waals surface area (Å²) in [6, 6.07) is 4.13. The molecule has 0 radical (unpaired) electrons. The van der Waals surface area contributed by atoms with Gasteiger partial charge in [-0.1, -0.05) is 6.92 Å². The minimum absolute atomic E-state index is 0.0178. The van der Waals surface area contributed by atoms with Gasteiger partial charge in [-0.15, -0.1) is 0 Å². The van der Waals surface area contributed by atoms with Crippen LogP contribution in [0, 0.1) is 16.0 Å². The summed E-state index contributed by atoms with van der Waals surface area (Å²) in [5.41, 5.74) is 0.224. The molecule has 1 aromatic carbocycles. The average Bonchev–Trinajstić information content (AvgIpc) is 2.92. The van der Waals surface area contributed by atoms with Gasteiger partial charge in [-0.05, 0) is 18.4 Å². The van der Waals surface area contributed by atoms with Gasteiger partial charge in [-0.2, -0.15) is 0 Å². The molecule has 0 aromatic heterocycles. The average molecular weight is 270 g/mol. The van der Waals surface area contributed by atoms with E-state index in [0.717, 1.165) is 18.7 Å². The third kappa shape index (κ3) is 2.61. The second-order valence-corrected chi connectivity index (χ2v) is 6.66. The Kier molecular flexibility index (Phi) is 3.02. The minimum Gasteiger partial charge on any atom is -0.381 e. The van der Waals surface area contributed by atoms with E-state index in [1.807, 2.05) is 0 Å². The van der Waals surface area contributed by atoms with Crippen molar-refractivity contribution in [3.8, 4) is 0 Å². The third-order valence-electron chi connectivity index (χ3n) is 3.03. The predicted molar refractivity (Wildman–Crippen MR) is 67.4 cm³/mol. The van der Waals surface area contributed by atoms with Gasteiger partial charge < -0.3 is 5.32 Å². The lowest BCUT2D eigenvalue weighted by Crippen LogP contribution is -2.09. The number of hydrogen-bond acceptors (Lipinski definition) is 5. The molecule has 6 nitrogen and oxygen atoms in total. The SMILES string of the molecule is CC1CC1Nc1ccc([N+](=O)[O-])cc1S(C)(=O)=O. The van der Waals surface area contributed by atoms with Gasteiger partial charge in [-0.3, -0.25) is 10.1 Å². The highest BCUT2D eigenvalue weighted by Gasteiger charge is 2.33. The van der Waals surface area contributed by atoms with Crippen LogP contribution < -0.4 is 5.32 Å². The van der Waals surface area contributed by atoms with E-state index in [1.165, 1.54) is 12.1 Å². The maximum absolute atomic E-state index is 11.6. The molecule has 0 heterocycles. The first-order valence-corrected chi connectivity index (χ1v) is 7.43. The number of nitro benzene ring substituents is 1. The van der Waals surface area contributed by atoms with Gasteiger partial charge in [0.05, 0.1) is 15.5 Å². The Labute approximate surface area is 105 Å². The van der Waals surface area contributed by atoms with Crippen LogP contribution in [-0.2, 0) is 9.84 Å². The molecule has 0 amide bonds. The normalized spacial score (nSPS) is 22.6. The van der Waals surface area contributed by atoms with Gasteiger partial charge in [0, 0.05) is 24.4 Å². The highest BCUT2D eigenvalue weighted by Crippen LogP contribution is 2.35. The first-order valence-electron chi connectivity index (χ1n) is 5.54. The van der Waals surface area contributed by atoms with E-state index in [1.54, 1.807) is 0 Å². The smallest absolute Gasteiger partial charge is 0.270 e. The maximum Gasteiger partial charge on any atom is 0.270 e. The molecular formula is C11H14N2O4S. The van der Waals surface area contributed by atoms with Crippen LogP contribution >= 0.6 is 0 Å². The van der Waals surface area contributed by atoms with Crippen LogP contribution in [0.15, 0.2) is 23.1 Å². The highest BCUT2D eigenvalue weighted by atomic mass is 32.2. The first-order chi connectivity index (χ1) is 8.29. The molecule has 1 saturated carbocycles. The molecule has 2 atom stereocenters. The van der Waals surface area contributed by atoms with Crippen molar-refractivity contribution in [1.82, 2.24) is 0 Å². The molecule has 1 N–H and O–H groups in total. The summed E-state index contributed by atoms with van der Waals surface area (Å²) in [4.78, 5) is 10.1. The molecule has 0 bridgehead atoms. The van der Waals surface area contributed by atoms with Crippen LogP contribution in [0.5, 0.6) is 0 Å². The Hall–Kier alpha value is -1.63. The Morgan fingerprint density at radius 1 is 1.44 bits per heavy atom. The lowest BCUT2D eigenvalue weighted by Gasteiger charge is -2.10. The lowest BCUT2D eigenvalue weighted by atomic mass is 10.2. The van der Waals surface area contributed by atoms with Crippen LogP contribution in [0.4, 0.5) is 11.4 Å². The number of nitrogens with zero attached hydrogens (tertiary/aromatic N) is 1. The Morgan fingerprint density at radius 2 is 2.06 bits per heavy atom. The topological polar surface area (TPSA) is 89.3 Å². The molecule has 0 aliphatic heterocycles. The zero-order valence-corrected chi connectivity index (χ0v) is 10.9. The Morgan fingerprint density at radius 3 is 2.50 bits per heavy atom. The number of nitro groups is 1. The summed E-state index contributed by atoms with van der Waals surface area (Å²) in [7, 11) is -3.49. The highest BCUT2D eigenvalue weighted by molar-refractivity contribution is 7.90. The quantitative estimate of drug-likeness (QED) is 0.665. The van der Waals surface area contributed by atoms with Crippen molar-refractivity contribution in [2.75, 3.05) is 11.6 Å². The monoisotopic (exact) mass is 270 g/mol. The van der Waals surface area contributed by atoms with Crippen LogP contribution in [0.1, 0.15) is 13.3 Å². The number of rotatable bonds is 4. The zero-order valence-electron chi connectivity index (χ0n) is 10.1. The third-order valence-corrected chi connectivity index (χ3v) is 4.16. The predicted octanol–water partition coefficient (Wildman–Crippen LogP) is 1.82. The molecule has 18 heavy (non-hydrogen) atoms. The summed E-state index contributed by atoms with van der Waals surface area (Å²) in [6.45, 7) is 2.06. The molecule has 2 unspecified atom stereocenters. The number of nitrogens with one attached hydrogen (secondary N) is 1. The van der Waals surface area contributed by atoms with Crippen LogP contribution in [0.2, 0.25) is 0 Å². The van der Waals surface area contributed by atoms with Crippen molar-refractivity contribution in [2.45, 2.75) is 24.3 Å². The molecular weight excluding hydrogens is 256 g/mol. The van der Waals surface area contributed by atoms with E-state index < -0.39 is 14.8 Å². The molecule has 1 aliphatic carbocycles. The lowest BCUT2D eigenvalue weighted by molar-refractivity contribution is -0.385. The Balaban J connectivity index is 2.42. The first kappa shape index (κ1) is 12.8. The van der Waals surface area contributed by atoms with Crippen LogP contribution in [0.25, 0.3) is 0 Å². The van der Waals surface area contributed by atoms with Gasteiger partial charge in [0.15, 0.2) is 9.84 Å². The van der Waals surface area contributed by atoms with Gasteiger partial charge >= 0.3 is 0 Å². The zero-order chi connectivity index (χ0) is 13.5. The van der Waals surface area contributed by atoms with E-state index >= 15 is 0 Å². The summed E-state index contributed by atoms with van der Waals surface area (Å²) in [5, 5.41) is 13.8. The van der Waals surface area contributed by atoms with E-state index in [0.29, 0.717) is 11.6 Å². The summed E-state index contributed by atoms with van der Waals surface area (Å²) in [5.74, 6) is 0.507. The van der Waals surface area contributed by atoms with E-state index in [4.69, 9.17) is 0 Å². The van der Waals surface area contributed by atoms with Crippen molar-refractivity contribution in [1.29, 1.82) is 0 Å². The standard InChI is InChI=1S/C11H14N2O4S/c1-7-5-10(7)12-9-4-3-8(13(14)15)6-11(9)18(2,16)17/h3-4,6-7,10,12H,5H2,1-2H3. The molecule has 0 saturated heterocycles. The van der Waals surface area contributed by atoms with Crippen LogP contribution in [0.3, 0.4) is 0 Å². The minimum atomic E-state index is -3.49. The molecule has 0 spiro atoms. The van der Waals surface area contributed by atoms with Crippen molar-refractivity contribution < 1.29 is 13.3 Å². The van der Waals surface area contributed by atoms with E-state index in [-0.39, 0.29) is 16.6 Å². The van der Waals surface area contributed by atoms with Crippen molar-refractivity contribution in [3.05, 3.63) is 28.3 Å². The molecule has 1 fully saturated rings. The summed E-state index contributed by atoms with van der Waals surface area (Å²) in [6.07, 6.45) is 2.04. The van der Waals surface area contributed by atoms with Crippen molar-refractivity contribution in [3.63, 3.8) is 0 Å². The fourth-order valence-corrected chi connectivity index (χ4v) is 2.63. The van der Waals surface area contributed by atoms with E-state index in [9.17, 15) is 18.5 Å². The fraction of sp³-hybridized carbons (Fsp3) is 0.455. The molecule has 2 rings (SSSR count).